The van der Waals surface area contributed by atoms with E-state index >= 15 is 0 Å². The van der Waals surface area contributed by atoms with Crippen molar-refractivity contribution in [3.8, 4) is 5.75 Å². The molecule has 6 nitrogen and oxygen atoms in total. The second-order valence-corrected chi connectivity index (χ2v) is 6.05. The molecule has 6 heteroatoms. The van der Waals surface area contributed by atoms with Gasteiger partial charge in [-0.05, 0) is 35.9 Å². The van der Waals surface area contributed by atoms with E-state index in [-0.39, 0.29) is 5.78 Å². The number of carboxylic acid groups (broad SMARTS) is 1. The predicted octanol–water partition coefficient (Wildman–Crippen LogP) is 3.16. The van der Waals surface area contributed by atoms with E-state index in [1.807, 2.05) is 30.5 Å². The molecule has 1 atom stereocenters. The van der Waals surface area contributed by atoms with Gasteiger partial charge in [0.15, 0.2) is 5.78 Å². The van der Waals surface area contributed by atoms with Crippen LogP contribution in [0.3, 0.4) is 0 Å². The van der Waals surface area contributed by atoms with E-state index in [2.05, 4.69) is 10.3 Å². The number of carbonyl (C=O) groups excluding carboxylic acids is 1. The summed E-state index contributed by atoms with van der Waals surface area (Å²) in [6.45, 7) is 0. The lowest BCUT2D eigenvalue weighted by atomic mass is 10.1. The summed E-state index contributed by atoms with van der Waals surface area (Å²) in [5.41, 5.74) is 2.36. The van der Waals surface area contributed by atoms with E-state index in [1.165, 1.54) is 12.3 Å². The summed E-state index contributed by atoms with van der Waals surface area (Å²) in [6, 6.07) is 13.6. The number of aliphatic carboxylic acids is 1. The lowest BCUT2D eigenvalue weighted by molar-refractivity contribution is -0.139. The van der Waals surface area contributed by atoms with Gasteiger partial charge in [0.2, 0.25) is 0 Å². The Kier molecular flexibility index (Phi) is 5.56. The fraction of sp³-hybridized carbons (Fsp3) is 0.143. The number of aromatic amines is 1. The summed E-state index contributed by atoms with van der Waals surface area (Å²) in [4.78, 5) is 26.9. The zero-order valence-corrected chi connectivity index (χ0v) is 14.8. The van der Waals surface area contributed by atoms with Crippen LogP contribution in [0.2, 0.25) is 0 Å². The van der Waals surface area contributed by atoms with Crippen LogP contribution in [0.25, 0.3) is 10.9 Å². The molecule has 2 aromatic carbocycles. The number of carboxylic acids is 1. The van der Waals surface area contributed by atoms with Crippen LogP contribution in [0.5, 0.6) is 5.75 Å². The second kappa shape index (κ2) is 8.23. The maximum absolute atomic E-state index is 12.2. The molecule has 0 saturated carbocycles. The van der Waals surface area contributed by atoms with Gasteiger partial charge in [0.1, 0.15) is 11.8 Å². The molecule has 1 unspecified atom stereocenters. The number of aromatic nitrogens is 1. The minimum absolute atomic E-state index is 0.221. The van der Waals surface area contributed by atoms with Crippen molar-refractivity contribution in [3.05, 3.63) is 78.1 Å². The Balaban J connectivity index is 1.66. The van der Waals surface area contributed by atoms with Crippen molar-refractivity contribution in [2.45, 2.75) is 12.5 Å². The number of hydrogen-bond acceptors (Lipinski definition) is 4. The van der Waals surface area contributed by atoms with Gasteiger partial charge < -0.3 is 20.1 Å². The van der Waals surface area contributed by atoms with Gasteiger partial charge in [-0.1, -0.05) is 18.2 Å². The van der Waals surface area contributed by atoms with E-state index in [0.29, 0.717) is 17.7 Å². The third kappa shape index (κ3) is 4.36. The number of hydrogen-bond donors (Lipinski definition) is 3. The highest BCUT2D eigenvalue weighted by atomic mass is 16.5. The van der Waals surface area contributed by atoms with Crippen molar-refractivity contribution in [2.75, 3.05) is 7.11 Å². The fourth-order valence-electron chi connectivity index (χ4n) is 2.83. The first-order chi connectivity index (χ1) is 13.1. The summed E-state index contributed by atoms with van der Waals surface area (Å²) < 4.78 is 5.06. The summed E-state index contributed by atoms with van der Waals surface area (Å²) in [5, 5.41) is 13.3. The Morgan fingerprint density at radius 2 is 1.93 bits per heavy atom. The van der Waals surface area contributed by atoms with Crippen LogP contribution in [0.1, 0.15) is 15.9 Å². The number of carbonyl (C=O) groups is 2. The molecular weight excluding hydrogens is 344 g/mol. The van der Waals surface area contributed by atoms with Gasteiger partial charge in [0.05, 0.1) is 7.11 Å². The highest BCUT2D eigenvalue weighted by Gasteiger charge is 2.18. The highest BCUT2D eigenvalue weighted by Crippen LogP contribution is 2.19. The predicted molar refractivity (Wildman–Crippen MR) is 103 cm³/mol. The van der Waals surface area contributed by atoms with Crippen molar-refractivity contribution in [3.63, 3.8) is 0 Å². The van der Waals surface area contributed by atoms with E-state index in [9.17, 15) is 14.7 Å². The molecule has 27 heavy (non-hydrogen) atoms. The van der Waals surface area contributed by atoms with Crippen LogP contribution in [0.15, 0.2) is 67.0 Å². The SMILES string of the molecule is COc1ccc(C(=O)/C=C/NC(Cc2c[nH]c3ccccc23)C(=O)O)cc1. The van der Waals surface area contributed by atoms with Crippen molar-refractivity contribution >= 4 is 22.7 Å². The second-order valence-electron chi connectivity index (χ2n) is 6.05. The average molecular weight is 364 g/mol. The fourth-order valence-corrected chi connectivity index (χ4v) is 2.83. The van der Waals surface area contributed by atoms with Crippen molar-refractivity contribution in [1.29, 1.82) is 0 Å². The molecule has 138 valence electrons. The number of allylic oxidation sites excluding steroid dienone is 1. The molecule has 1 aromatic heterocycles. The van der Waals surface area contributed by atoms with Crippen LogP contribution < -0.4 is 10.1 Å². The maximum Gasteiger partial charge on any atom is 0.326 e. The number of benzene rings is 2. The van der Waals surface area contributed by atoms with Gasteiger partial charge in [-0.15, -0.1) is 0 Å². The van der Waals surface area contributed by atoms with Gasteiger partial charge in [-0.25, -0.2) is 4.79 Å². The quantitative estimate of drug-likeness (QED) is 0.422. The lowest BCUT2D eigenvalue weighted by Gasteiger charge is -2.12. The van der Waals surface area contributed by atoms with Gasteiger partial charge in [-0.2, -0.15) is 0 Å². The molecule has 0 amide bonds. The summed E-state index contributed by atoms with van der Waals surface area (Å²) in [5.74, 6) is -0.540. The number of ketones is 1. The van der Waals surface area contributed by atoms with Crippen LogP contribution in [-0.2, 0) is 11.2 Å². The average Bonchev–Trinajstić information content (AvgIpc) is 3.10. The normalized spacial score (nSPS) is 12.2. The minimum atomic E-state index is -0.984. The summed E-state index contributed by atoms with van der Waals surface area (Å²) in [7, 11) is 1.56. The first-order valence-corrected chi connectivity index (χ1v) is 8.47. The zero-order chi connectivity index (χ0) is 19.2. The monoisotopic (exact) mass is 364 g/mol. The van der Waals surface area contributed by atoms with Gasteiger partial charge in [0, 0.05) is 41.4 Å². The molecule has 0 saturated heterocycles. The van der Waals surface area contributed by atoms with Crippen LogP contribution in [0.4, 0.5) is 0 Å². The van der Waals surface area contributed by atoms with Gasteiger partial charge in [-0.3, -0.25) is 4.79 Å². The Bertz CT molecular complexity index is 973. The highest BCUT2D eigenvalue weighted by molar-refractivity contribution is 6.04. The number of para-hydroxylation sites is 1. The van der Waals surface area contributed by atoms with E-state index in [1.54, 1.807) is 31.4 Å². The molecule has 3 aromatic rings. The number of fused-ring (bicyclic) bond motifs is 1. The number of methoxy groups -OCH3 is 1. The number of H-pyrrole nitrogens is 1. The van der Waals surface area contributed by atoms with Crippen LogP contribution in [0, 0.1) is 0 Å². The smallest absolute Gasteiger partial charge is 0.326 e. The zero-order valence-electron chi connectivity index (χ0n) is 14.8. The lowest BCUT2D eigenvalue weighted by Crippen LogP contribution is -2.35. The summed E-state index contributed by atoms with van der Waals surface area (Å²) in [6.07, 6.45) is 4.82. The molecule has 3 N–H and O–H groups in total. The Morgan fingerprint density at radius 3 is 2.63 bits per heavy atom. The van der Waals surface area contributed by atoms with E-state index < -0.39 is 12.0 Å². The Hall–Kier alpha value is -3.54. The van der Waals surface area contributed by atoms with Crippen LogP contribution in [-0.4, -0.2) is 35.0 Å². The first kappa shape index (κ1) is 18.3. The molecule has 0 aliphatic rings. The number of ether oxygens (including phenoxy) is 1. The van der Waals surface area contributed by atoms with Crippen molar-refractivity contribution in [1.82, 2.24) is 10.3 Å². The number of nitrogens with one attached hydrogen (secondary N) is 2. The minimum Gasteiger partial charge on any atom is -0.497 e. The van der Waals surface area contributed by atoms with Gasteiger partial charge in [0.25, 0.3) is 0 Å². The van der Waals surface area contributed by atoms with E-state index in [4.69, 9.17) is 4.74 Å². The van der Waals surface area contributed by atoms with Gasteiger partial charge >= 0.3 is 5.97 Å². The van der Waals surface area contributed by atoms with Crippen molar-refractivity contribution in [2.24, 2.45) is 0 Å². The third-order valence-electron chi connectivity index (χ3n) is 4.30. The Morgan fingerprint density at radius 1 is 1.19 bits per heavy atom. The standard InChI is InChI=1S/C21H20N2O4/c1-27-16-8-6-14(7-9-16)20(24)10-11-22-19(21(25)26)12-15-13-23-18-5-3-2-4-17(15)18/h2-11,13,19,22-23H,12H2,1H3,(H,25,26)/b11-10+. The maximum atomic E-state index is 12.2. The molecule has 0 bridgehead atoms. The summed E-state index contributed by atoms with van der Waals surface area (Å²) >= 11 is 0. The van der Waals surface area contributed by atoms with E-state index in [0.717, 1.165) is 16.5 Å². The van der Waals surface area contributed by atoms with Crippen molar-refractivity contribution < 1.29 is 19.4 Å². The van der Waals surface area contributed by atoms with Crippen LogP contribution >= 0.6 is 0 Å². The molecule has 0 spiro atoms. The molecular formula is C21H20N2O4. The molecule has 1 heterocycles. The molecule has 3 rings (SSSR count). The third-order valence-corrected chi connectivity index (χ3v) is 4.30. The topological polar surface area (TPSA) is 91.4 Å². The Labute approximate surface area is 156 Å². The molecule has 0 aliphatic carbocycles. The number of rotatable bonds is 8. The first-order valence-electron chi connectivity index (χ1n) is 8.47. The largest absolute Gasteiger partial charge is 0.497 e. The molecule has 0 fully saturated rings. The molecule has 0 aliphatic heterocycles. The molecule has 0 radical (unpaired) electrons.